The molecule has 1 rings (SSSR count). The van der Waals surface area contributed by atoms with Crippen molar-refractivity contribution in [2.24, 2.45) is 5.73 Å². The molecular weight excluding hydrogens is 311 g/mol. The molecule has 0 bridgehead atoms. The molecule has 0 aromatic heterocycles. The summed E-state index contributed by atoms with van der Waals surface area (Å²) in [5, 5.41) is 0.223. The smallest absolute Gasteiger partial charge is 0.411 e. The predicted octanol–water partition coefficient (Wildman–Crippen LogP) is 3.15. The summed E-state index contributed by atoms with van der Waals surface area (Å²) in [7, 11) is 1.41. The Morgan fingerprint density at radius 2 is 2.00 bits per heavy atom. The van der Waals surface area contributed by atoms with Gasteiger partial charge in [0, 0.05) is 6.04 Å². The fraction of sp³-hybridized carbons (Fsp3) is 0.538. The molecule has 0 heterocycles. The van der Waals surface area contributed by atoms with Gasteiger partial charge in [-0.05, 0) is 31.0 Å². The Morgan fingerprint density at radius 1 is 1.33 bits per heavy atom. The fourth-order valence-electron chi connectivity index (χ4n) is 1.66. The SMILES string of the molecule is COc1cc(CC(C)N)cc(Cl)c1OCOCC(F)(F)F. The average Bonchev–Trinajstić information content (AvgIpc) is 2.33. The highest BCUT2D eigenvalue weighted by atomic mass is 35.5. The van der Waals surface area contributed by atoms with Gasteiger partial charge in [-0.15, -0.1) is 0 Å². The van der Waals surface area contributed by atoms with E-state index in [4.69, 9.17) is 26.8 Å². The maximum Gasteiger partial charge on any atom is 0.411 e. The van der Waals surface area contributed by atoms with Gasteiger partial charge in [-0.2, -0.15) is 13.2 Å². The number of nitrogens with two attached hydrogens (primary N) is 1. The number of methoxy groups -OCH3 is 1. The molecule has 0 aliphatic heterocycles. The van der Waals surface area contributed by atoms with Crippen LogP contribution < -0.4 is 15.2 Å². The Morgan fingerprint density at radius 3 is 2.52 bits per heavy atom. The zero-order valence-electron chi connectivity index (χ0n) is 11.7. The minimum absolute atomic E-state index is 0.0624. The van der Waals surface area contributed by atoms with Crippen molar-refractivity contribution in [3.05, 3.63) is 22.7 Å². The molecular formula is C13H17ClF3NO3. The number of benzene rings is 1. The highest BCUT2D eigenvalue weighted by Crippen LogP contribution is 2.36. The van der Waals surface area contributed by atoms with Crippen LogP contribution in [0.15, 0.2) is 12.1 Å². The van der Waals surface area contributed by atoms with E-state index in [0.29, 0.717) is 12.2 Å². The van der Waals surface area contributed by atoms with Crippen molar-refractivity contribution in [2.45, 2.75) is 25.6 Å². The Kier molecular flexibility index (Phi) is 6.57. The van der Waals surface area contributed by atoms with Gasteiger partial charge in [0.1, 0.15) is 6.61 Å². The highest BCUT2D eigenvalue weighted by Gasteiger charge is 2.27. The molecule has 0 spiro atoms. The summed E-state index contributed by atoms with van der Waals surface area (Å²) in [6.45, 7) is -0.131. The Balaban J connectivity index is 2.73. The molecule has 0 aliphatic carbocycles. The number of alkyl halides is 3. The van der Waals surface area contributed by atoms with E-state index in [0.717, 1.165) is 5.56 Å². The summed E-state index contributed by atoms with van der Waals surface area (Å²) < 4.78 is 50.4. The summed E-state index contributed by atoms with van der Waals surface area (Å²) in [6, 6.07) is 3.24. The van der Waals surface area contributed by atoms with Gasteiger partial charge in [0.25, 0.3) is 0 Å². The minimum atomic E-state index is -4.40. The summed E-state index contributed by atoms with van der Waals surface area (Å²) in [4.78, 5) is 0. The summed E-state index contributed by atoms with van der Waals surface area (Å²) >= 11 is 6.04. The monoisotopic (exact) mass is 327 g/mol. The average molecular weight is 328 g/mol. The van der Waals surface area contributed by atoms with Crippen LogP contribution in [0.1, 0.15) is 12.5 Å². The zero-order chi connectivity index (χ0) is 16.0. The van der Waals surface area contributed by atoms with Gasteiger partial charge >= 0.3 is 6.18 Å². The van der Waals surface area contributed by atoms with Crippen molar-refractivity contribution in [3.8, 4) is 11.5 Å². The van der Waals surface area contributed by atoms with Gasteiger partial charge in [-0.1, -0.05) is 11.6 Å². The van der Waals surface area contributed by atoms with Crippen molar-refractivity contribution < 1.29 is 27.4 Å². The third kappa shape index (κ3) is 6.41. The van der Waals surface area contributed by atoms with Gasteiger partial charge in [0.15, 0.2) is 18.3 Å². The number of hydrogen-bond acceptors (Lipinski definition) is 4. The van der Waals surface area contributed by atoms with Gasteiger partial charge < -0.3 is 19.9 Å². The third-order valence-corrected chi connectivity index (χ3v) is 2.68. The summed E-state index contributed by atoms with van der Waals surface area (Å²) in [5.41, 5.74) is 6.54. The minimum Gasteiger partial charge on any atom is -0.493 e. The van der Waals surface area contributed by atoms with Crippen LogP contribution in [-0.2, 0) is 11.2 Å². The maximum absolute atomic E-state index is 11.9. The Hall–Kier alpha value is -1.18. The molecule has 2 N–H and O–H groups in total. The topological polar surface area (TPSA) is 53.7 Å². The Bertz CT molecular complexity index is 467. The van der Waals surface area contributed by atoms with Crippen molar-refractivity contribution in [2.75, 3.05) is 20.5 Å². The first-order valence-electron chi connectivity index (χ1n) is 6.12. The van der Waals surface area contributed by atoms with E-state index in [-0.39, 0.29) is 16.8 Å². The second-order valence-corrected chi connectivity index (χ2v) is 4.92. The van der Waals surface area contributed by atoms with Crippen LogP contribution >= 0.6 is 11.6 Å². The molecule has 1 aromatic carbocycles. The van der Waals surface area contributed by atoms with E-state index in [1.54, 1.807) is 12.1 Å². The number of ether oxygens (including phenoxy) is 3. The molecule has 0 saturated heterocycles. The first-order chi connectivity index (χ1) is 9.73. The molecule has 0 aliphatic rings. The van der Waals surface area contributed by atoms with E-state index < -0.39 is 19.6 Å². The van der Waals surface area contributed by atoms with Crippen LogP contribution in [0.5, 0.6) is 11.5 Å². The largest absolute Gasteiger partial charge is 0.493 e. The molecule has 0 amide bonds. The van der Waals surface area contributed by atoms with E-state index >= 15 is 0 Å². The second kappa shape index (κ2) is 7.72. The van der Waals surface area contributed by atoms with E-state index in [1.165, 1.54) is 7.11 Å². The molecule has 120 valence electrons. The third-order valence-electron chi connectivity index (χ3n) is 2.40. The summed E-state index contributed by atoms with van der Waals surface area (Å²) in [5.74, 6) is 0.448. The fourth-order valence-corrected chi connectivity index (χ4v) is 1.95. The zero-order valence-corrected chi connectivity index (χ0v) is 12.4. The van der Waals surface area contributed by atoms with Crippen LogP contribution in [0, 0.1) is 0 Å². The van der Waals surface area contributed by atoms with Crippen molar-refractivity contribution in [1.29, 1.82) is 0 Å². The Labute approximate surface area is 125 Å². The van der Waals surface area contributed by atoms with E-state index in [1.807, 2.05) is 6.92 Å². The molecule has 0 fully saturated rings. The van der Waals surface area contributed by atoms with Crippen LogP contribution in [0.4, 0.5) is 13.2 Å². The van der Waals surface area contributed by atoms with Crippen LogP contribution in [0.25, 0.3) is 0 Å². The predicted molar refractivity (Wildman–Crippen MR) is 72.9 cm³/mol. The van der Waals surface area contributed by atoms with Crippen LogP contribution in [0.2, 0.25) is 5.02 Å². The van der Waals surface area contributed by atoms with E-state index in [9.17, 15) is 13.2 Å². The second-order valence-electron chi connectivity index (χ2n) is 4.52. The highest BCUT2D eigenvalue weighted by molar-refractivity contribution is 6.32. The van der Waals surface area contributed by atoms with Crippen molar-refractivity contribution in [3.63, 3.8) is 0 Å². The standard InChI is InChI=1S/C13H17ClF3NO3/c1-8(18)3-9-4-10(14)12(11(5-9)19-2)21-7-20-6-13(15,16)17/h4-5,8H,3,6-7,18H2,1-2H3. The molecule has 1 unspecified atom stereocenters. The molecule has 4 nitrogen and oxygen atoms in total. The van der Waals surface area contributed by atoms with Crippen molar-refractivity contribution >= 4 is 11.6 Å². The van der Waals surface area contributed by atoms with Gasteiger partial charge in [0.05, 0.1) is 12.1 Å². The number of hydrogen-bond donors (Lipinski definition) is 1. The first kappa shape index (κ1) is 17.9. The van der Waals surface area contributed by atoms with Gasteiger partial charge in [-0.25, -0.2) is 0 Å². The molecule has 0 radical (unpaired) electrons. The molecule has 1 atom stereocenters. The number of rotatable bonds is 7. The van der Waals surface area contributed by atoms with Crippen LogP contribution in [0.3, 0.4) is 0 Å². The summed E-state index contributed by atoms with van der Waals surface area (Å²) in [6.07, 6.45) is -3.82. The molecule has 1 aromatic rings. The lowest BCUT2D eigenvalue weighted by Gasteiger charge is -2.15. The lowest BCUT2D eigenvalue weighted by atomic mass is 10.1. The lowest BCUT2D eigenvalue weighted by molar-refractivity contribution is -0.186. The van der Waals surface area contributed by atoms with Crippen LogP contribution in [-0.4, -0.2) is 32.7 Å². The van der Waals surface area contributed by atoms with Gasteiger partial charge in [0.2, 0.25) is 0 Å². The lowest BCUT2D eigenvalue weighted by Crippen LogP contribution is -2.19. The number of halogens is 4. The van der Waals surface area contributed by atoms with Crippen molar-refractivity contribution in [1.82, 2.24) is 0 Å². The van der Waals surface area contributed by atoms with E-state index in [2.05, 4.69) is 4.74 Å². The van der Waals surface area contributed by atoms with Gasteiger partial charge in [-0.3, -0.25) is 0 Å². The quantitative estimate of drug-likeness (QED) is 0.617. The molecule has 0 saturated carbocycles. The maximum atomic E-state index is 11.9. The normalized spacial score (nSPS) is 13.1. The molecule has 8 heteroatoms. The first-order valence-corrected chi connectivity index (χ1v) is 6.50. The molecule has 21 heavy (non-hydrogen) atoms.